The Morgan fingerprint density at radius 2 is 2.39 bits per heavy atom. The van der Waals surface area contributed by atoms with Crippen molar-refractivity contribution in [2.45, 2.75) is 18.9 Å². The highest BCUT2D eigenvalue weighted by Gasteiger charge is 2.26. The Hall–Kier alpha value is -1.69. The zero-order valence-electron chi connectivity index (χ0n) is 10.3. The van der Waals surface area contributed by atoms with Crippen molar-refractivity contribution < 1.29 is 4.39 Å². The van der Waals surface area contributed by atoms with Gasteiger partial charge in [-0.05, 0) is 32.0 Å². The molecule has 1 aliphatic rings. The molecule has 6 heteroatoms. The van der Waals surface area contributed by atoms with Gasteiger partial charge in [-0.3, -0.25) is 0 Å². The van der Waals surface area contributed by atoms with E-state index in [4.69, 9.17) is 0 Å². The van der Waals surface area contributed by atoms with Gasteiger partial charge in [0.15, 0.2) is 5.65 Å². The first-order chi connectivity index (χ1) is 8.78. The Kier molecular flexibility index (Phi) is 2.87. The predicted molar refractivity (Wildman–Crippen MR) is 67.2 cm³/mol. The molecule has 1 N–H and O–H groups in total. The fraction of sp³-hybridized carbons (Fsp3) is 0.500. The van der Waals surface area contributed by atoms with Gasteiger partial charge in [-0.2, -0.15) is 4.98 Å². The van der Waals surface area contributed by atoms with E-state index in [-0.39, 0.29) is 5.82 Å². The molecule has 1 saturated heterocycles. The highest BCUT2D eigenvalue weighted by Crippen LogP contribution is 2.22. The van der Waals surface area contributed by atoms with Crippen LogP contribution in [0.4, 0.5) is 10.3 Å². The zero-order valence-corrected chi connectivity index (χ0v) is 10.3. The molecule has 1 atom stereocenters. The smallest absolute Gasteiger partial charge is 0.245 e. The minimum absolute atomic E-state index is 0.299. The van der Waals surface area contributed by atoms with E-state index < -0.39 is 0 Å². The van der Waals surface area contributed by atoms with E-state index in [9.17, 15) is 4.39 Å². The molecule has 96 valence electrons. The molecule has 0 saturated carbocycles. The standard InChI is InChI=1S/C12H16FN5/c1-14-7-10-3-2-6-17(10)12-15-11-5-4-9(13)8-18(11)16-12/h4-5,8,10,14H,2-3,6-7H2,1H3. The van der Waals surface area contributed by atoms with Crippen LogP contribution in [0.2, 0.25) is 0 Å². The lowest BCUT2D eigenvalue weighted by Crippen LogP contribution is -2.37. The number of anilines is 1. The number of nitrogens with zero attached hydrogens (tertiary/aromatic N) is 4. The normalized spacial score (nSPS) is 19.9. The number of fused-ring (bicyclic) bond motifs is 1. The largest absolute Gasteiger partial charge is 0.335 e. The number of halogens is 1. The first-order valence-electron chi connectivity index (χ1n) is 6.21. The van der Waals surface area contributed by atoms with E-state index in [1.807, 2.05) is 7.05 Å². The molecule has 0 bridgehead atoms. The highest BCUT2D eigenvalue weighted by atomic mass is 19.1. The Bertz CT molecular complexity index is 552. The van der Waals surface area contributed by atoms with Crippen molar-refractivity contribution in [1.82, 2.24) is 19.9 Å². The van der Waals surface area contributed by atoms with Crippen molar-refractivity contribution >= 4 is 11.6 Å². The monoisotopic (exact) mass is 249 g/mol. The molecular formula is C12H16FN5. The summed E-state index contributed by atoms with van der Waals surface area (Å²) in [6, 6.07) is 3.48. The minimum atomic E-state index is -0.299. The summed E-state index contributed by atoms with van der Waals surface area (Å²) in [6.07, 6.45) is 3.65. The summed E-state index contributed by atoms with van der Waals surface area (Å²) in [4.78, 5) is 6.65. The van der Waals surface area contributed by atoms with Gasteiger partial charge in [-0.1, -0.05) is 0 Å². The molecule has 0 spiro atoms. The summed E-state index contributed by atoms with van der Waals surface area (Å²) < 4.78 is 14.6. The van der Waals surface area contributed by atoms with Crippen LogP contribution in [-0.2, 0) is 0 Å². The van der Waals surface area contributed by atoms with Gasteiger partial charge in [0.1, 0.15) is 5.82 Å². The third-order valence-electron chi connectivity index (χ3n) is 3.36. The van der Waals surface area contributed by atoms with E-state index in [1.54, 1.807) is 6.07 Å². The maximum atomic E-state index is 13.1. The summed E-state index contributed by atoms with van der Waals surface area (Å²) >= 11 is 0. The van der Waals surface area contributed by atoms with Crippen LogP contribution in [0.1, 0.15) is 12.8 Å². The van der Waals surface area contributed by atoms with Crippen LogP contribution in [0, 0.1) is 5.82 Å². The van der Waals surface area contributed by atoms with E-state index in [0.717, 1.165) is 25.9 Å². The predicted octanol–water partition coefficient (Wildman–Crippen LogP) is 1.06. The van der Waals surface area contributed by atoms with E-state index in [0.29, 0.717) is 17.6 Å². The van der Waals surface area contributed by atoms with Crippen LogP contribution in [-0.4, -0.2) is 40.8 Å². The van der Waals surface area contributed by atoms with E-state index in [2.05, 4.69) is 20.3 Å². The number of nitrogens with one attached hydrogen (secondary N) is 1. The molecule has 0 amide bonds. The van der Waals surface area contributed by atoms with Crippen LogP contribution in [0.3, 0.4) is 0 Å². The lowest BCUT2D eigenvalue weighted by molar-refractivity contribution is 0.604. The van der Waals surface area contributed by atoms with Gasteiger partial charge in [0.25, 0.3) is 0 Å². The Morgan fingerprint density at radius 3 is 3.22 bits per heavy atom. The van der Waals surface area contributed by atoms with Crippen molar-refractivity contribution in [2.75, 3.05) is 25.0 Å². The summed E-state index contributed by atoms with van der Waals surface area (Å²) in [7, 11) is 1.95. The van der Waals surface area contributed by atoms with Crippen LogP contribution in [0.15, 0.2) is 18.3 Å². The molecular weight excluding hydrogens is 233 g/mol. The second-order valence-electron chi connectivity index (χ2n) is 4.61. The van der Waals surface area contributed by atoms with E-state index in [1.165, 1.54) is 16.8 Å². The van der Waals surface area contributed by atoms with Crippen LogP contribution in [0.25, 0.3) is 5.65 Å². The third kappa shape index (κ3) is 1.92. The zero-order chi connectivity index (χ0) is 12.5. The SMILES string of the molecule is CNCC1CCCN1c1nc2ccc(F)cn2n1. The Balaban J connectivity index is 1.93. The van der Waals surface area contributed by atoms with Gasteiger partial charge >= 0.3 is 0 Å². The molecule has 1 aliphatic heterocycles. The second kappa shape index (κ2) is 4.53. The molecule has 2 aromatic heterocycles. The number of rotatable bonds is 3. The number of pyridine rings is 1. The lowest BCUT2D eigenvalue weighted by Gasteiger charge is -2.22. The second-order valence-corrected chi connectivity index (χ2v) is 4.61. The maximum Gasteiger partial charge on any atom is 0.245 e. The summed E-state index contributed by atoms with van der Waals surface area (Å²) in [6.45, 7) is 1.88. The number of hydrogen-bond acceptors (Lipinski definition) is 4. The molecule has 1 fully saturated rings. The first kappa shape index (κ1) is 11.4. The Morgan fingerprint density at radius 1 is 1.50 bits per heavy atom. The fourth-order valence-corrected chi connectivity index (χ4v) is 2.51. The number of hydrogen-bond donors (Lipinski definition) is 1. The van der Waals surface area contributed by atoms with Gasteiger partial charge in [0.2, 0.25) is 5.95 Å². The molecule has 0 radical (unpaired) electrons. The Labute approximate surface area is 105 Å². The van der Waals surface area contributed by atoms with Crippen LogP contribution >= 0.6 is 0 Å². The lowest BCUT2D eigenvalue weighted by atomic mass is 10.2. The van der Waals surface area contributed by atoms with Crippen molar-refractivity contribution in [3.8, 4) is 0 Å². The molecule has 0 aromatic carbocycles. The molecule has 0 aliphatic carbocycles. The van der Waals surface area contributed by atoms with Crippen molar-refractivity contribution in [3.63, 3.8) is 0 Å². The third-order valence-corrected chi connectivity index (χ3v) is 3.36. The minimum Gasteiger partial charge on any atom is -0.335 e. The van der Waals surface area contributed by atoms with Gasteiger partial charge in [-0.15, -0.1) is 5.10 Å². The molecule has 2 aromatic rings. The molecule has 1 unspecified atom stereocenters. The van der Waals surface area contributed by atoms with Crippen molar-refractivity contribution in [1.29, 1.82) is 0 Å². The van der Waals surface area contributed by atoms with E-state index >= 15 is 0 Å². The summed E-state index contributed by atoms with van der Waals surface area (Å²) in [5.74, 6) is 0.394. The van der Waals surface area contributed by atoms with Crippen molar-refractivity contribution in [2.24, 2.45) is 0 Å². The first-order valence-corrected chi connectivity index (χ1v) is 6.21. The molecule has 3 rings (SSSR count). The van der Waals surface area contributed by atoms with Gasteiger partial charge in [0.05, 0.1) is 6.20 Å². The average Bonchev–Trinajstić information content (AvgIpc) is 2.94. The summed E-state index contributed by atoms with van der Waals surface area (Å²) in [5, 5.41) is 7.54. The van der Waals surface area contributed by atoms with Gasteiger partial charge < -0.3 is 10.2 Å². The molecule has 5 nitrogen and oxygen atoms in total. The topological polar surface area (TPSA) is 45.5 Å². The average molecular weight is 249 g/mol. The quantitative estimate of drug-likeness (QED) is 0.883. The number of likely N-dealkylation sites (N-methyl/N-ethyl adjacent to an activating group) is 1. The summed E-state index contributed by atoms with van der Waals surface area (Å²) in [5.41, 5.74) is 0.682. The van der Waals surface area contributed by atoms with Crippen LogP contribution in [0.5, 0.6) is 0 Å². The highest BCUT2D eigenvalue weighted by molar-refractivity contribution is 5.45. The molecule has 3 heterocycles. The van der Waals surface area contributed by atoms with Crippen molar-refractivity contribution in [3.05, 3.63) is 24.1 Å². The van der Waals surface area contributed by atoms with Crippen LogP contribution < -0.4 is 10.2 Å². The number of aromatic nitrogens is 3. The van der Waals surface area contributed by atoms with Gasteiger partial charge in [0, 0.05) is 19.1 Å². The molecule has 18 heavy (non-hydrogen) atoms. The fourth-order valence-electron chi connectivity index (χ4n) is 2.51. The maximum absolute atomic E-state index is 13.1. The van der Waals surface area contributed by atoms with Gasteiger partial charge in [-0.25, -0.2) is 8.91 Å².